The molecular weight excluding hydrogens is 194 g/mol. The van der Waals surface area contributed by atoms with Gasteiger partial charge in [-0.15, -0.1) is 0 Å². The number of carbonyl (C=O) groups excluding carboxylic acids is 1. The Kier molecular flexibility index (Phi) is 3.51. The highest BCUT2D eigenvalue weighted by Crippen LogP contribution is 2.20. The van der Waals surface area contributed by atoms with Crippen molar-refractivity contribution >= 4 is 11.6 Å². The van der Waals surface area contributed by atoms with Crippen LogP contribution in [0.3, 0.4) is 0 Å². The third-order valence-electron chi connectivity index (χ3n) is 2.09. The van der Waals surface area contributed by atoms with E-state index in [4.69, 9.17) is 16.3 Å². The molecule has 82 valence electrons. The van der Waals surface area contributed by atoms with Crippen LogP contribution in [0, 0.1) is 0 Å². The molecule has 0 radical (unpaired) electrons. The predicted octanol–water partition coefficient (Wildman–Crippen LogP) is 0.613. The number of nitrogens with two attached hydrogens (primary N) is 2. The van der Waals surface area contributed by atoms with Crippen LogP contribution in [0.5, 0.6) is 5.75 Å². The topological polar surface area (TPSA) is 81.6 Å². The predicted molar refractivity (Wildman–Crippen MR) is 58.3 cm³/mol. The first-order valence-corrected chi connectivity index (χ1v) is 4.60. The number of hydrazine groups is 1. The van der Waals surface area contributed by atoms with Crippen molar-refractivity contribution in [2.24, 2.45) is 5.84 Å². The van der Waals surface area contributed by atoms with E-state index in [-0.39, 0.29) is 5.91 Å². The molecule has 0 saturated carbocycles. The standard InChI is InChI=1S/C10H15N3O2/c1-3-13(12)10(14)8-5-4-7(15-2)6-9(8)11/h4-6H,3,11-12H2,1-2H3. The molecular formula is C10H15N3O2. The average molecular weight is 209 g/mol. The maximum Gasteiger partial charge on any atom is 0.269 e. The van der Waals surface area contributed by atoms with Gasteiger partial charge in [-0.05, 0) is 19.1 Å². The fourth-order valence-electron chi connectivity index (χ4n) is 1.16. The highest BCUT2D eigenvalue weighted by Gasteiger charge is 2.14. The van der Waals surface area contributed by atoms with Crippen LogP contribution >= 0.6 is 0 Å². The summed E-state index contributed by atoms with van der Waals surface area (Å²) >= 11 is 0. The molecule has 0 bridgehead atoms. The van der Waals surface area contributed by atoms with Crippen molar-refractivity contribution in [3.05, 3.63) is 23.8 Å². The monoisotopic (exact) mass is 209 g/mol. The van der Waals surface area contributed by atoms with Gasteiger partial charge in [-0.2, -0.15) is 0 Å². The number of carbonyl (C=O) groups is 1. The molecule has 5 heteroatoms. The third-order valence-corrected chi connectivity index (χ3v) is 2.09. The van der Waals surface area contributed by atoms with E-state index in [9.17, 15) is 4.79 Å². The smallest absolute Gasteiger partial charge is 0.269 e. The van der Waals surface area contributed by atoms with Crippen LogP contribution in [0.2, 0.25) is 0 Å². The lowest BCUT2D eigenvalue weighted by Crippen LogP contribution is -2.37. The van der Waals surface area contributed by atoms with Crippen molar-refractivity contribution in [1.29, 1.82) is 0 Å². The minimum atomic E-state index is -0.294. The van der Waals surface area contributed by atoms with E-state index in [1.165, 1.54) is 7.11 Å². The molecule has 1 amide bonds. The van der Waals surface area contributed by atoms with E-state index in [0.717, 1.165) is 5.01 Å². The largest absolute Gasteiger partial charge is 0.497 e. The zero-order valence-electron chi connectivity index (χ0n) is 8.86. The summed E-state index contributed by atoms with van der Waals surface area (Å²) in [5.41, 5.74) is 6.46. The molecule has 15 heavy (non-hydrogen) atoms. The fraction of sp³-hybridized carbons (Fsp3) is 0.300. The Bertz CT molecular complexity index is 366. The Morgan fingerprint density at radius 1 is 1.53 bits per heavy atom. The highest BCUT2D eigenvalue weighted by atomic mass is 16.5. The molecule has 0 unspecified atom stereocenters. The van der Waals surface area contributed by atoms with Crippen LogP contribution in [0.1, 0.15) is 17.3 Å². The minimum absolute atomic E-state index is 0.294. The summed E-state index contributed by atoms with van der Waals surface area (Å²) in [6, 6.07) is 4.87. The van der Waals surface area contributed by atoms with Gasteiger partial charge in [0, 0.05) is 18.3 Å². The Hall–Kier alpha value is -1.75. The number of rotatable bonds is 3. The number of nitrogen functional groups attached to an aromatic ring is 1. The Labute approximate surface area is 88.6 Å². The van der Waals surface area contributed by atoms with E-state index >= 15 is 0 Å². The van der Waals surface area contributed by atoms with E-state index in [0.29, 0.717) is 23.5 Å². The van der Waals surface area contributed by atoms with Crippen molar-refractivity contribution in [2.45, 2.75) is 6.92 Å². The molecule has 0 atom stereocenters. The van der Waals surface area contributed by atoms with Gasteiger partial charge in [-0.25, -0.2) is 5.84 Å². The maximum atomic E-state index is 11.7. The van der Waals surface area contributed by atoms with E-state index in [1.807, 2.05) is 0 Å². The normalized spacial score (nSPS) is 9.80. The maximum absolute atomic E-state index is 11.7. The molecule has 0 saturated heterocycles. The summed E-state index contributed by atoms with van der Waals surface area (Å²) in [7, 11) is 1.54. The molecule has 1 rings (SSSR count). The zero-order valence-corrected chi connectivity index (χ0v) is 8.86. The molecule has 1 aromatic rings. The molecule has 0 spiro atoms. The van der Waals surface area contributed by atoms with Crippen LogP contribution < -0.4 is 16.3 Å². The second-order valence-corrected chi connectivity index (χ2v) is 3.04. The van der Waals surface area contributed by atoms with Crippen molar-refractivity contribution in [3.8, 4) is 5.75 Å². The third kappa shape index (κ3) is 2.38. The number of hydrogen-bond donors (Lipinski definition) is 2. The lowest BCUT2D eigenvalue weighted by Gasteiger charge is -2.15. The van der Waals surface area contributed by atoms with Crippen molar-refractivity contribution in [2.75, 3.05) is 19.4 Å². The Morgan fingerprint density at radius 3 is 2.67 bits per heavy atom. The van der Waals surface area contributed by atoms with Crippen molar-refractivity contribution in [1.82, 2.24) is 5.01 Å². The summed E-state index contributed by atoms with van der Waals surface area (Å²) in [4.78, 5) is 11.7. The zero-order chi connectivity index (χ0) is 11.4. The first kappa shape index (κ1) is 11.3. The van der Waals surface area contributed by atoms with Gasteiger partial charge in [-0.1, -0.05) is 0 Å². The van der Waals surface area contributed by atoms with Crippen LogP contribution in [0.15, 0.2) is 18.2 Å². The first-order chi connectivity index (χ1) is 7.10. The van der Waals surface area contributed by atoms with Gasteiger partial charge < -0.3 is 10.5 Å². The van der Waals surface area contributed by atoms with Gasteiger partial charge in [0.2, 0.25) is 0 Å². The van der Waals surface area contributed by atoms with E-state index < -0.39 is 0 Å². The number of benzene rings is 1. The van der Waals surface area contributed by atoms with E-state index in [2.05, 4.69) is 0 Å². The minimum Gasteiger partial charge on any atom is -0.497 e. The molecule has 5 nitrogen and oxygen atoms in total. The number of amides is 1. The summed E-state index contributed by atoms with van der Waals surface area (Å²) < 4.78 is 4.98. The van der Waals surface area contributed by atoms with Crippen LogP contribution in [0.25, 0.3) is 0 Å². The Balaban J connectivity index is 3.00. The number of ether oxygens (including phenoxy) is 1. The van der Waals surface area contributed by atoms with Crippen LogP contribution in [0.4, 0.5) is 5.69 Å². The molecule has 0 aromatic heterocycles. The number of hydrogen-bond acceptors (Lipinski definition) is 4. The second kappa shape index (κ2) is 4.65. The van der Waals surface area contributed by atoms with E-state index in [1.54, 1.807) is 25.1 Å². The van der Waals surface area contributed by atoms with Gasteiger partial charge in [0.1, 0.15) is 5.75 Å². The fourth-order valence-corrected chi connectivity index (χ4v) is 1.16. The summed E-state index contributed by atoms with van der Waals surface area (Å²) in [5, 5.41) is 1.11. The highest BCUT2D eigenvalue weighted by molar-refractivity contribution is 5.99. The van der Waals surface area contributed by atoms with Crippen molar-refractivity contribution < 1.29 is 9.53 Å². The molecule has 0 heterocycles. The van der Waals surface area contributed by atoms with Gasteiger partial charge in [-0.3, -0.25) is 9.80 Å². The molecule has 0 aliphatic heterocycles. The summed E-state index contributed by atoms with van der Waals surface area (Å²) in [6.07, 6.45) is 0. The average Bonchev–Trinajstić information content (AvgIpc) is 2.26. The lowest BCUT2D eigenvalue weighted by atomic mass is 10.1. The molecule has 4 N–H and O–H groups in total. The SMILES string of the molecule is CCN(N)C(=O)c1ccc(OC)cc1N. The molecule has 1 aromatic carbocycles. The van der Waals surface area contributed by atoms with Gasteiger partial charge in [0.25, 0.3) is 5.91 Å². The summed E-state index contributed by atoms with van der Waals surface area (Å²) in [6.45, 7) is 2.22. The lowest BCUT2D eigenvalue weighted by molar-refractivity contribution is 0.0765. The second-order valence-electron chi connectivity index (χ2n) is 3.04. The molecule has 0 fully saturated rings. The van der Waals surface area contributed by atoms with Gasteiger partial charge in [0.15, 0.2) is 0 Å². The quantitative estimate of drug-likeness (QED) is 0.331. The first-order valence-electron chi connectivity index (χ1n) is 4.60. The van der Waals surface area contributed by atoms with Gasteiger partial charge in [0.05, 0.1) is 12.7 Å². The van der Waals surface area contributed by atoms with Crippen LogP contribution in [-0.2, 0) is 0 Å². The summed E-state index contributed by atoms with van der Waals surface area (Å²) in [5.74, 6) is 5.81. The molecule has 0 aliphatic carbocycles. The Morgan fingerprint density at radius 2 is 2.20 bits per heavy atom. The number of anilines is 1. The van der Waals surface area contributed by atoms with Gasteiger partial charge >= 0.3 is 0 Å². The molecule has 0 aliphatic rings. The number of nitrogens with zero attached hydrogens (tertiary/aromatic N) is 1. The van der Waals surface area contributed by atoms with Crippen molar-refractivity contribution in [3.63, 3.8) is 0 Å². The van der Waals surface area contributed by atoms with Crippen LogP contribution in [-0.4, -0.2) is 24.6 Å². The number of methoxy groups -OCH3 is 1.